The normalized spacial score (nSPS) is 20.7. The second-order valence-electron chi connectivity index (χ2n) is 9.56. The summed E-state index contributed by atoms with van der Waals surface area (Å²) in [6.45, 7) is 0.957. The summed E-state index contributed by atoms with van der Waals surface area (Å²) in [6.07, 6.45) is 6.31. The molecule has 0 radical (unpaired) electrons. The van der Waals surface area contributed by atoms with Crippen LogP contribution in [0.2, 0.25) is 0 Å². The van der Waals surface area contributed by atoms with Crippen molar-refractivity contribution in [1.29, 1.82) is 0 Å². The van der Waals surface area contributed by atoms with Crippen molar-refractivity contribution in [3.63, 3.8) is 0 Å². The lowest BCUT2D eigenvalue weighted by Crippen LogP contribution is -2.34. The first kappa shape index (κ1) is 24.0. The van der Waals surface area contributed by atoms with Gasteiger partial charge in [0.05, 0.1) is 0 Å². The van der Waals surface area contributed by atoms with Crippen molar-refractivity contribution in [2.45, 2.75) is 63.2 Å². The van der Waals surface area contributed by atoms with Crippen LogP contribution >= 0.6 is 0 Å². The van der Waals surface area contributed by atoms with Crippen molar-refractivity contribution in [3.8, 4) is 0 Å². The number of fused-ring (bicyclic) bond motifs is 2. The fourth-order valence-corrected chi connectivity index (χ4v) is 5.13. The summed E-state index contributed by atoms with van der Waals surface area (Å²) >= 11 is 0. The molecule has 0 bridgehead atoms. The highest BCUT2D eigenvalue weighted by Crippen LogP contribution is 2.59. The van der Waals surface area contributed by atoms with Gasteiger partial charge in [0.25, 0.3) is 0 Å². The number of unbranched alkanes of at least 4 members (excludes halogenated alkanes) is 5. The van der Waals surface area contributed by atoms with E-state index in [4.69, 9.17) is 14.6 Å². The zero-order chi connectivity index (χ0) is 24.0. The first-order chi connectivity index (χ1) is 16.5. The largest absolute Gasteiger partial charge is 0.481 e. The maximum Gasteiger partial charge on any atom is 0.412 e. The second kappa shape index (κ2) is 10.9. The van der Waals surface area contributed by atoms with Crippen molar-refractivity contribution < 1.29 is 29.0 Å². The third-order valence-corrected chi connectivity index (χ3v) is 7.15. The van der Waals surface area contributed by atoms with E-state index in [1.807, 2.05) is 12.1 Å². The van der Waals surface area contributed by atoms with Crippen LogP contribution in [0, 0.1) is 5.92 Å². The molecule has 2 atom stereocenters. The highest BCUT2D eigenvalue weighted by Gasteiger charge is 2.62. The average molecular weight is 468 g/mol. The molecule has 182 valence electrons. The van der Waals surface area contributed by atoms with Gasteiger partial charge in [0.2, 0.25) is 6.79 Å². The third-order valence-electron chi connectivity index (χ3n) is 7.15. The number of likely N-dealkylation sites (tertiary alicyclic amines) is 1. The Morgan fingerprint density at radius 1 is 0.912 bits per heavy atom. The Hall–Kier alpha value is -3.09. The van der Waals surface area contributed by atoms with E-state index in [9.17, 15) is 14.4 Å². The number of hydrogen-bond acceptors (Lipinski definition) is 5. The number of ether oxygens (including phenoxy) is 2. The molecule has 2 aromatic carbocycles. The minimum atomic E-state index is -0.755. The minimum absolute atomic E-state index is 0.0212. The predicted octanol–water partition coefficient (Wildman–Crippen LogP) is 5.26. The molecule has 1 heterocycles. The Labute approximate surface area is 200 Å². The molecule has 2 aromatic rings. The predicted molar refractivity (Wildman–Crippen MR) is 127 cm³/mol. The van der Waals surface area contributed by atoms with Crippen molar-refractivity contribution in [2.24, 2.45) is 5.92 Å². The number of piperidine rings is 1. The zero-order valence-electron chi connectivity index (χ0n) is 19.5. The number of nitrogens with zero attached hydrogens (tertiary/aromatic N) is 1. The molecule has 1 saturated carbocycles. The number of aliphatic carboxylic acids is 1. The summed E-state index contributed by atoms with van der Waals surface area (Å²) in [6, 6.07) is 14.9. The fourth-order valence-electron chi connectivity index (χ4n) is 5.13. The van der Waals surface area contributed by atoms with Crippen molar-refractivity contribution >= 4 is 28.8 Å². The summed E-state index contributed by atoms with van der Waals surface area (Å²) in [7, 11) is 0. The van der Waals surface area contributed by atoms with Gasteiger partial charge in [-0.05, 0) is 41.5 Å². The summed E-state index contributed by atoms with van der Waals surface area (Å²) < 4.78 is 10.3. The van der Waals surface area contributed by atoms with Gasteiger partial charge in [-0.1, -0.05) is 68.1 Å². The van der Waals surface area contributed by atoms with Crippen LogP contribution in [0.15, 0.2) is 42.5 Å². The van der Waals surface area contributed by atoms with Crippen molar-refractivity contribution in [1.82, 2.24) is 4.90 Å². The summed E-state index contributed by atoms with van der Waals surface area (Å²) in [5.74, 6) is -0.669. The molecule has 1 amide bonds. The first-order valence-corrected chi connectivity index (χ1v) is 12.3. The van der Waals surface area contributed by atoms with Crippen LogP contribution < -0.4 is 0 Å². The average Bonchev–Trinajstić information content (AvgIpc) is 3.40. The number of benzene rings is 2. The van der Waals surface area contributed by atoms with Gasteiger partial charge in [-0.15, -0.1) is 0 Å². The number of hydrogen-bond donors (Lipinski definition) is 1. The van der Waals surface area contributed by atoms with Crippen molar-refractivity contribution in [2.75, 3.05) is 19.9 Å². The number of rotatable bonds is 12. The lowest BCUT2D eigenvalue weighted by atomic mass is 9.93. The lowest BCUT2D eigenvalue weighted by molar-refractivity contribution is -0.152. The van der Waals surface area contributed by atoms with E-state index in [0.29, 0.717) is 38.3 Å². The van der Waals surface area contributed by atoms with Crippen LogP contribution in [0.5, 0.6) is 0 Å². The molecule has 1 N–H and O–H groups in total. The summed E-state index contributed by atoms with van der Waals surface area (Å²) in [4.78, 5) is 36.5. The number of amides is 1. The molecular formula is C27H33NO6. The fraction of sp³-hybridized carbons (Fsp3) is 0.519. The molecule has 4 rings (SSSR count). The Morgan fingerprint density at radius 3 is 2.38 bits per heavy atom. The van der Waals surface area contributed by atoms with E-state index in [1.54, 1.807) is 4.90 Å². The van der Waals surface area contributed by atoms with Gasteiger partial charge < -0.3 is 19.5 Å². The SMILES string of the molecule is O=C(O)CCCCCCCCC(=O)OCOC(=O)N1C[C@H]2C[C@@]2(c2ccc3ccccc3c2)C1. The Bertz CT molecular complexity index is 1040. The van der Waals surface area contributed by atoms with E-state index in [2.05, 4.69) is 30.3 Å². The van der Waals surface area contributed by atoms with E-state index >= 15 is 0 Å². The van der Waals surface area contributed by atoms with E-state index < -0.39 is 12.1 Å². The van der Waals surface area contributed by atoms with E-state index in [0.717, 1.165) is 32.1 Å². The molecule has 1 aliphatic heterocycles. The standard InChI is InChI=1S/C27H33NO6/c29-24(30)11-5-3-1-2-4-6-12-25(31)33-19-34-26(32)28-17-23-16-27(23,18-28)22-14-13-20-9-7-8-10-21(20)15-22/h7-10,13-15,23H,1-6,11-12,16-19H2,(H,29,30)/t23-,27+/m1/s1. The van der Waals surface area contributed by atoms with Crippen LogP contribution in [-0.4, -0.2) is 47.9 Å². The topological polar surface area (TPSA) is 93.1 Å². The molecule has 2 fully saturated rings. The molecule has 7 nitrogen and oxygen atoms in total. The van der Waals surface area contributed by atoms with Gasteiger partial charge in [0.1, 0.15) is 0 Å². The van der Waals surface area contributed by atoms with Crippen LogP contribution in [0.25, 0.3) is 10.8 Å². The molecule has 0 spiro atoms. The van der Waals surface area contributed by atoms with Gasteiger partial charge in [-0.25, -0.2) is 4.79 Å². The number of carbonyl (C=O) groups excluding carboxylic acids is 2. The molecule has 34 heavy (non-hydrogen) atoms. The Kier molecular flexibility index (Phi) is 7.70. The van der Waals surface area contributed by atoms with Crippen LogP contribution in [-0.2, 0) is 24.5 Å². The van der Waals surface area contributed by atoms with Gasteiger partial charge in [0, 0.05) is 31.3 Å². The second-order valence-corrected chi connectivity index (χ2v) is 9.56. The number of esters is 1. The van der Waals surface area contributed by atoms with Gasteiger partial charge in [-0.3, -0.25) is 9.59 Å². The maximum absolute atomic E-state index is 12.5. The van der Waals surface area contributed by atoms with E-state index in [-0.39, 0.29) is 24.6 Å². The highest BCUT2D eigenvalue weighted by molar-refractivity contribution is 5.83. The molecular weight excluding hydrogens is 434 g/mol. The van der Waals surface area contributed by atoms with Crippen LogP contribution in [0.3, 0.4) is 0 Å². The van der Waals surface area contributed by atoms with Gasteiger partial charge in [0.15, 0.2) is 0 Å². The minimum Gasteiger partial charge on any atom is -0.481 e. The molecule has 7 heteroatoms. The quantitative estimate of drug-likeness (QED) is 0.260. The molecule has 0 unspecified atom stereocenters. The first-order valence-electron chi connectivity index (χ1n) is 12.3. The smallest absolute Gasteiger partial charge is 0.412 e. The number of carboxylic acids is 1. The number of carboxylic acid groups (broad SMARTS) is 1. The van der Waals surface area contributed by atoms with Crippen molar-refractivity contribution in [3.05, 3.63) is 48.0 Å². The lowest BCUT2D eigenvalue weighted by Gasteiger charge is -2.21. The maximum atomic E-state index is 12.5. The van der Waals surface area contributed by atoms with Gasteiger partial charge >= 0.3 is 18.0 Å². The molecule has 1 aliphatic carbocycles. The number of carbonyl (C=O) groups is 3. The van der Waals surface area contributed by atoms with E-state index in [1.165, 1.54) is 16.3 Å². The molecule has 2 aliphatic rings. The molecule has 1 saturated heterocycles. The highest BCUT2D eigenvalue weighted by atomic mass is 16.7. The Morgan fingerprint density at radius 2 is 1.62 bits per heavy atom. The zero-order valence-corrected chi connectivity index (χ0v) is 19.5. The molecule has 0 aromatic heterocycles. The summed E-state index contributed by atoms with van der Waals surface area (Å²) in [5, 5.41) is 11.0. The van der Waals surface area contributed by atoms with Crippen LogP contribution in [0.4, 0.5) is 4.79 Å². The third kappa shape index (κ3) is 5.88. The monoisotopic (exact) mass is 467 g/mol. The van der Waals surface area contributed by atoms with Crippen LogP contribution in [0.1, 0.15) is 63.4 Å². The summed E-state index contributed by atoms with van der Waals surface area (Å²) in [5.41, 5.74) is 1.30. The van der Waals surface area contributed by atoms with Gasteiger partial charge in [-0.2, -0.15) is 0 Å². The Balaban J connectivity index is 1.11.